The van der Waals surface area contributed by atoms with Gasteiger partial charge in [-0.25, -0.2) is 0 Å². The number of rotatable bonds is 3. The van der Waals surface area contributed by atoms with Crippen molar-refractivity contribution >= 4 is 11.8 Å². The summed E-state index contributed by atoms with van der Waals surface area (Å²) >= 11 is 0. The Bertz CT molecular complexity index is 975. The maximum atomic E-state index is 13.3. The van der Waals surface area contributed by atoms with Crippen LogP contribution in [0.4, 0.5) is 0 Å². The monoisotopic (exact) mass is 493 g/mol. The fourth-order valence-electron chi connectivity index (χ4n) is 5.13. The Morgan fingerprint density at radius 1 is 0.944 bits per heavy atom. The molecular weight excluding hydrogens is 454 g/mol. The Labute approximate surface area is 214 Å². The summed E-state index contributed by atoms with van der Waals surface area (Å²) < 4.78 is 12.2. The van der Waals surface area contributed by atoms with E-state index in [9.17, 15) is 9.59 Å². The number of para-hydroxylation sites is 1. The van der Waals surface area contributed by atoms with Crippen LogP contribution in [0.5, 0.6) is 5.75 Å². The molecular formula is C29H39N3O4. The maximum Gasteiger partial charge on any atom is 0.255 e. The molecule has 0 saturated carbocycles. The lowest BCUT2D eigenvalue weighted by Crippen LogP contribution is -2.47. The zero-order chi connectivity index (χ0) is 25.2. The SMILES string of the molecule is CC(=O)N1CCC(N2CCCCOC[C@H](Cc3ccccc3)NC(=O)c3ccccc3OCC2)CC1. The summed E-state index contributed by atoms with van der Waals surface area (Å²) in [6, 6.07) is 18.0. The van der Waals surface area contributed by atoms with Gasteiger partial charge in [0.2, 0.25) is 5.91 Å². The van der Waals surface area contributed by atoms with E-state index >= 15 is 0 Å². The molecule has 1 N–H and O–H groups in total. The molecule has 1 saturated heterocycles. The molecule has 0 aliphatic carbocycles. The summed E-state index contributed by atoms with van der Waals surface area (Å²) in [5, 5.41) is 3.18. The zero-order valence-electron chi connectivity index (χ0n) is 21.4. The van der Waals surface area contributed by atoms with Crippen LogP contribution in [-0.4, -0.2) is 79.7 Å². The van der Waals surface area contributed by atoms with Gasteiger partial charge in [-0.3, -0.25) is 14.5 Å². The van der Waals surface area contributed by atoms with Gasteiger partial charge in [-0.1, -0.05) is 42.5 Å². The number of benzene rings is 2. The molecule has 7 nitrogen and oxygen atoms in total. The average molecular weight is 494 g/mol. The molecule has 2 amide bonds. The Balaban J connectivity index is 1.44. The largest absolute Gasteiger partial charge is 0.491 e. The molecule has 0 bridgehead atoms. The van der Waals surface area contributed by atoms with Crippen LogP contribution in [-0.2, 0) is 16.0 Å². The van der Waals surface area contributed by atoms with E-state index in [1.165, 1.54) is 5.56 Å². The molecule has 4 rings (SSSR count). The minimum atomic E-state index is -0.140. The number of likely N-dealkylation sites (tertiary alicyclic amines) is 1. The van der Waals surface area contributed by atoms with Gasteiger partial charge in [0.05, 0.1) is 18.2 Å². The molecule has 0 radical (unpaired) electrons. The number of carbonyl (C=O) groups excluding carboxylic acids is 2. The molecule has 7 heteroatoms. The molecule has 36 heavy (non-hydrogen) atoms. The second-order valence-electron chi connectivity index (χ2n) is 9.76. The number of amides is 2. The first-order chi connectivity index (χ1) is 17.6. The molecule has 0 aromatic heterocycles. The summed E-state index contributed by atoms with van der Waals surface area (Å²) in [5.41, 5.74) is 1.71. The minimum Gasteiger partial charge on any atom is -0.491 e. The van der Waals surface area contributed by atoms with Crippen LogP contribution < -0.4 is 10.1 Å². The van der Waals surface area contributed by atoms with E-state index < -0.39 is 0 Å². The molecule has 1 fully saturated rings. The van der Waals surface area contributed by atoms with Crippen LogP contribution in [0, 0.1) is 0 Å². The Morgan fingerprint density at radius 3 is 2.47 bits per heavy atom. The predicted molar refractivity (Wildman–Crippen MR) is 140 cm³/mol. The van der Waals surface area contributed by atoms with E-state index in [1.807, 2.05) is 47.4 Å². The van der Waals surface area contributed by atoms with E-state index in [2.05, 4.69) is 22.3 Å². The number of nitrogens with one attached hydrogen (secondary N) is 1. The van der Waals surface area contributed by atoms with E-state index in [0.717, 1.165) is 51.9 Å². The lowest BCUT2D eigenvalue weighted by Gasteiger charge is -2.38. The minimum absolute atomic E-state index is 0.124. The smallest absolute Gasteiger partial charge is 0.255 e. The average Bonchev–Trinajstić information content (AvgIpc) is 2.90. The third-order valence-corrected chi connectivity index (χ3v) is 7.16. The molecule has 0 unspecified atom stereocenters. The Morgan fingerprint density at radius 2 is 1.69 bits per heavy atom. The number of hydrogen-bond donors (Lipinski definition) is 1. The van der Waals surface area contributed by atoms with Gasteiger partial charge >= 0.3 is 0 Å². The van der Waals surface area contributed by atoms with Crippen molar-refractivity contribution in [2.75, 3.05) is 46.0 Å². The van der Waals surface area contributed by atoms with E-state index in [-0.39, 0.29) is 17.9 Å². The lowest BCUT2D eigenvalue weighted by atomic mass is 10.0. The van der Waals surface area contributed by atoms with Crippen molar-refractivity contribution in [3.05, 3.63) is 65.7 Å². The van der Waals surface area contributed by atoms with Gasteiger partial charge in [-0.2, -0.15) is 0 Å². The van der Waals surface area contributed by atoms with Gasteiger partial charge in [0.1, 0.15) is 12.4 Å². The summed E-state index contributed by atoms with van der Waals surface area (Å²) in [7, 11) is 0. The van der Waals surface area contributed by atoms with Crippen molar-refractivity contribution < 1.29 is 19.1 Å². The third-order valence-electron chi connectivity index (χ3n) is 7.16. The normalized spacial score (nSPS) is 21.4. The van der Waals surface area contributed by atoms with Gasteiger partial charge in [-0.05, 0) is 56.3 Å². The van der Waals surface area contributed by atoms with Crippen molar-refractivity contribution in [3.8, 4) is 5.75 Å². The Hall–Kier alpha value is -2.90. The molecule has 0 spiro atoms. The predicted octanol–water partition coefficient (Wildman–Crippen LogP) is 3.53. The van der Waals surface area contributed by atoms with Crippen molar-refractivity contribution in [2.45, 2.75) is 51.1 Å². The topological polar surface area (TPSA) is 71.1 Å². The first-order valence-corrected chi connectivity index (χ1v) is 13.2. The molecule has 2 aromatic rings. The molecule has 2 heterocycles. The van der Waals surface area contributed by atoms with Crippen LogP contribution in [0.3, 0.4) is 0 Å². The van der Waals surface area contributed by atoms with Crippen LogP contribution in [0.2, 0.25) is 0 Å². The van der Waals surface area contributed by atoms with E-state index in [1.54, 1.807) is 6.92 Å². The second kappa shape index (κ2) is 13.4. The van der Waals surface area contributed by atoms with Crippen LogP contribution in [0.15, 0.2) is 54.6 Å². The Kier molecular flexibility index (Phi) is 9.76. The summed E-state index contributed by atoms with van der Waals surface area (Å²) in [6.07, 6.45) is 4.68. The molecule has 194 valence electrons. The fraction of sp³-hybridized carbons (Fsp3) is 0.517. The summed E-state index contributed by atoms with van der Waals surface area (Å²) in [6.45, 7) is 6.69. The third kappa shape index (κ3) is 7.55. The standard InChI is InChI=1S/C29H39N3O4/c1-23(33)31-16-13-26(14-17-31)32-15-7-8-19-35-22-25(21-24-9-3-2-4-10-24)30-29(34)27-11-5-6-12-28(27)36-20-18-32/h2-6,9-12,25-26H,7-8,13-22H2,1H3,(H,30,34)/t25-/m0/s1. The van der Waals surface area contributed by atoms with Crippen molar-refractivity contribution in [2.24, 2.45) is 0 Å². The van der Waals surface area contributed by atoms with E-state index in [4.69, 9.17) is 9.47 Å². The second-order valence-corrected chi connectivity index (χ2v) is 9.76. The van der Waals surface area contributed by atoms with Crippen LogP contribution >= 0.6 is 0 Å². The van der Waals surface area contributed by atoms with Gasteiger partial charge in [0.25, 0.3) is 5.91 Å². The summed E-state index contributed by atoms with van der Waals surface area (Å²) in [5.74, 6) is 0.625. The fourth-order valence-corrected chi connectivity index (χ4v) is 5.13. The highest BCUT2D eigenvalue weighted by molar-refractivity contribution is 5.97. The van der Waals surface area contributed by atoms with Gasteiger partial charge in [0, 0.05) is 39.2 Å². The maximum absolute atomic E-state index is 13.3. The first-order valence-electron chi connectivity index (χ1n) is 13.2. The molecule has 2 aliphatic rings. The van der Waals surface area contributed by atoms with Crippen molar-refractivity contribution in [1.29, 1.82) is 0 Å². The van der Waals surface area contributed by atoms with Gasteiger partial charge in [-0.15, -0.1) is 0 Å². The molecule has 2 aliphatic heterocycles. The van der Waals surface area contributed by atoms with E-state index in [0.29, 0.717) is 43.6 Å². The van der Waals surface area contributed by atoms with Gasteiger partial charge in [0.15, 0.2) is 0 Å². The highest BCUT2D eigenvalue weighted by atomic mass is 16.5. The highest BCUT2D eigenvalue weighted by Gasteiger charge is 2.26. The number of carbonyl (C=O) groups is 2. The number of hydrogen-bond acceptors (Lipinski definition) is 5. The zero-order valence-corrected chi connectivity index (χ0v) is 21.4. The molecule has 1 atom stereocenters. The number of fused-ring (bicyclic) bond motifs is 1. The first kappa shape index (κ1) is 26.2. The molecule has 2 aromatic carbocycles. The van der Waals surface area contributed by atoms with Gasteiger partial charge < -0.3 is 19.7 Å². The van der Waals surface area contributed by atoms with Crippen molar-refractivity contribution in [3.63, 3.8) is 0 Å². The van der Waals surface area contributed by atoms with Crippen LogP contribution in [0.25, 0.3) is 0 Å². The quantitative estimate of drug-likeness (QED) is 0.708. The number of ether oxygens (including phenoxy) is 2. The number of piperidine rings is 1. The summed E-state index contributed by atoms with van der Waals surface area (Å²) in [4.78, 5) is 29.4. The van der Waals surface area contributed by atoms with Crippen LogP contribution in [0.1, 0.15) is 48.5 Å². The number of nitrogens with zero attached hydrogens (tertiary/aromatic N) is 2. The van der Waals surface area contributed by atoms with Crippen molar-refractivity contribution in [1.82, 2.24) is 15.1 Å². The lowest BCUT2D eigenvalue weighted by molar-refractivity contribution is -0.130. The highest BCUT2D eigenvalue weighted by Crippen LogP contribution is 2.21.